The van der Waals surface area contributed by atoms with Gasteiger partial charge in [-0.25, -0.2) is 8.42 Å². The molecule has 1 aliphatic heterocycles. The van der Waals surface area contributed by atoms with E-state index in [1.54, 1.807) is 43.9 Å². The van der Waals surface area contributed by atoms with Crippen molar-refractivity contribution in [2.75, 3.05) is 10.8 Å². The summed E-state index contributed by atoms with van der Waals surface area (Å²) in [7, 11) is -4.57. The third kappa shape index (κ3) is 8.10. The number of hydrogen-bond donors (Lipinski definition) is 1. The van der Waals surface area contributed by atoms with E-state index in [2.05, 4.69) is 10.4 Å². The van der Waals surface area contributed by atoms with E-state index in [1.165, 1.54) is 12.1 Å². The molecule has 0 bridgehead atoms. The topological polar surface area (TPSA) is 120 Å². The number of ether oxygens (including phenoxy) is 2. The zero-order valence-corrected chi connectivity index (χ0v) is 25.8. The van der Waals surface area contributed by atoms with Gasteiger partial charge in [0.25, 0.3) is 10.0 Å². The number of alkyl halides is 3. The summed E-state index contributed by atoms with van der Waals surface area (Å²) in [6.45, 7) is 8.90. The van der Waals surface area contributed by atoms with Gasteiger partial charge in [-0.2, -0.15) is 18.3 Å². The fraction of sp³-hybridized carbons (Fsp3) is 0.433. The second-order valence-electron chi connectivity index (χ2n) is 11.8. The molecule has 1 aromatic heterocycles. The molecule has 4 rings (SSSR count). The first kappa shape index (κ1) is 32.8. The van der Waals surface area contributed by atoms with Gasteiger partial charge in [-0.15, -0.1) is 0 Å². The molecule has 1 aliphatic rings. The minimum atomic E-state index is -4.76. The molecule has 1 atom stereocenters. The molecule has 0 saturated carbocycles. The van der Waals surface area contributed by atoms with Crippen molar-refractivity contribution in [3.63, 3.8) is 0 Å². The largest absolute Gasteiger partial charge is 0.486 e. The van der Waals surface area contributed by atoms with Gasteiger partial charge in [0.15, 0.2) is 0 Å². The maximum Gasteiger partial charge on any atom is 0.416 e. The van der Waals surface area contributed by atoms with Crippen LogP contribution in [0.1, 0.15) is 63.8 Å². The van der Waals surface area contributed by atoms with Crippen LogP contribution in [0.25, 0.3) is 0 Å². The van der Waals surface area contributed by atoms with Crippen molar-refractivity contribution in [1.29, 1.82) is 0 Å². The number of carbonyl (C=O) groups excluding carboxylic acids is 2. The van der Waals surface area contributed by atoms with Crippen molar-refractivity contribution in [1.82, 2.24) is 15.1 Å². The Morgan fingerprint density at radius 1 is 1.11 bits per heavy atom. The second-order valence-corrected chi connectivity index (χ2v) is 13.6. The number of benzene rings is 2. The summed E-state index contributed by atoms with van der Waals surface area (Å²) in [6.07, 6.45) is -2.70. The van der Waals surface area contributed by atoms with E-state index in [4.69, 9.17) is 9.47 Å². The third-order valence-electron chi connectivity index (χ3n) is 6.56. The highest BCUT2D eigenvalue weighted by atomic mass is 32.2. The minimum Gasteiger partial charge on any atom is -0.486 e. The minimum absolute atomic E-state index is 0.0289. The Kier molecular flexibility index (Phi) is 9.33. The number of sulfonamides is 1. The first-order valence-corrected chi connectivity index (χ1v) is 15.4. The molecular weight excluding hydrogens is 601 g/mol. The van der Waals surface area contributed by atoms with E-state index in [0.717, 1.165) is 28.1 Å². The van der Waals surface area contributed by atoms with E-state index >= 15 is 0 Å². The Morgan fingerprint density at radius 3 is 2.48 bits per heavy atom. The molecule has 0 saturated heterocycles. The number of anilines is 1. The molecule has 0 unspecified atom stereocenters. The number of amides is 1. The molecular formula is C30H35F3N4O6S. The van der Waals surface area contributed by atoms with E-state index in [0.29, 0.717) is 11.6 Å². The van der Waals surface area contributed by atoms with Crippen LogP contribution >= 0.6 is 0 Å². The molecule has 1 amide bonds. The maximum absolute atomic E-state index is 13.9. The summed E-state index contributed by atoms with van der Waals surface area (Å²) in [5, 5.41) is 7.00. The van der Waals surface area contributed by atoms with E-state index < -0.39 is 50.2 Å². The molecule has 10 nitrogen and oxygen atoms in total. The molecule has 1 N–H and O–H groups in total. The highest BCUT2D eigenvalue weighted by molar-refractivity contribution is 7.92. The zero-order chi connectivity index (χ0) is 32.4. The van der Waals surface area contributed by atoms with Crippen LogP contribution in [0.2, 0.25) is 0 Å². The van der Waals surface area contributed by atoms with Crippen LogP contribution in [0.4, 0.5) is 18.9 Å². The summed E-state index contributed by atoms with van der Waals surface area (Å²) >= 11 is 0. The number of esters is 1. The average Bonchev–Trinajstić information content (AvgIpc) is 3.40. The Morgan fingerprint density at radius 2 is 1.84 bits per heavy atom. The van der Waals surface area contributed by atoms with Crippen LogP contribution < -0.4 is 14.4 Å². The van der Waals surface area contributed by atoms with E-state index in [1.807, 2.05) is 13.8 Å². The zero-order valence-electron chi connectivity index (χ0n) is 25.0. The normalized spacial score (nSPS) is 15.5. The number of carbonyl (C=O) groups is 2. The number of rotatable bonds is 9. The smallest absolute Gasteiger partial charge is 0.416 e. The highest BCUT2D eigenvalue weighted by Gasteiger charge is 2.38. The first-order valence-electron chi connectivity index (χ1n) is 13.9. The quantitative estimate of drug-likeness (QED) is 0.327. The van der Waals surface area contributed by atoms with Gasteiger partial charge in [0, 0.05) is 24.3 Å². The van der Waals surface area contributed by atoms with Crippen LogP contribution in [-0.2, 0) is 43.5 Å². The molecule has 0 aliphatic carbocycles. The summed E-state index contributed by atoms with van der Waals surface area (Å²) < 4.78 is 82.1. The Labute approximate surface area is 254 Å². The Bertz CT molecular complexity index is 1630. The van der Waals surface area contributed by atoms with Crippen molar-refractivity contribution in [3.05, 3.63) is 71.5 Å². The molecule has 0 spiro atoms. The van der Waals surface area contributed by atoms with E-state index in [9.17, 15) is 31.2 Å². The maximum atomic E-state index is 13.9. The monoisotopic (exact) mass is 636 g/mol. The van der Waals surface area contributed by atoms with Gasteiger partial charge >= 0.3 is 12.1 Å². The molecule has 44 heavy (non-hydrogen) atoms. The lowest BCUT2D eigenvalue weighted by Gasteiger charge is -2.35. The third-order valence-corrected chi connectivity index (χ3v) is 8.34. The van der Waals surface area contributed by atoms with Gasteiger partial charge in [0.05, 0.1) is 41.7 Å². The standard InChI is InChI=1S/C30H35F3N4O6S/c1-19(2)36-17-21(16-35-36)15-34-27(38)14-23-18-37(44(40,41)24-8-6-7-22(13-24)30(31,32)33)25-11-20(9-10-26(25)42-23)12-28(39)43-29(3,4)5/h6-11,13,16-17,19,23H,12,14-15,18H2,1-5H3,(H,34,38)/t23-/m0/s1. The van der Waals surface area contributed by atoms with Gasteiger partial charge in [0.2, 0.25) is 5.91 Å². The highest BCUT2D eigenvalue weighted by Crippen LogP contribution is 2.39. The lowest BCUT2D eigenvalue weighted by atomic mass is 10.1. The summed E-state index contributed by atoms with van der Waals surface area (Å²) in [6, 6.07) is 8.03. The molecule has 238 valence electrons. The molecule has 3 aromatic rings. The van der Waals surface area contributed by atoms with Gasteiger partial charge in [-0.3, -0.25) is 18.6 Å². The van der Waals surface area contributed by atoms with Crippen molar-refractivity contribution in [2.24, 2.45) is 0 Å². The molecule has 2 heterocycles. The number of fused-ring (bicyclic) bond motifs is 1. The van der Waals surface area contributed by atoms with Crippen LogP contribution in [0.5, 0.6) is 5.75 Å². The molecule has 14 heteroatoms. The predicted molar refractivity (Wildman–Crippen MR) is 155 cm³/mol. The fourth-order valence-electron chi connectivity index (χ4n) is 4.54. The predicted octanol–water partition coefficient (Wildman–Crippen LogP) is 5.03. The van der Waals surface area contributed by atoms with E-state index in [-0.39, 0.29) is 43.4 Å². The molecule has 0 fully saturated rings. The molecule has 2 aromatic carbocycles. The Hall–Kier alpha value is -4.07. The van der Waals surface area contributed by atoms with Crippen molar-refractivity contribution < 1.29 is 40.7 Å². The van der Waals surface area contributed by atoms with Crippen molar-refractivity contribution >= 4 is 27.6 Å². The van der Waals surface area contributed by atoms with Gasteiger partial charge in [-0.05, 0) is 70.5 Å². The number of nitrogens with zero attached hydrogens (tertiary/aromatic N) is 3. The van der Waals surface area contributed by atoms with Crippen LogP contribution in [0.3, 0.4) is 0 Å². The van der Waals surface area contributed by atoms with Gasteiger partial charge in [0.1, 0.15) is 17.5 Å². The molecule has 0 radical (unpaired) electrons. The number of hydrogen-bond acceptors (Lipinski definition) is 7. The van der Waals surface area contributed by atoms with Crippen LogP contribution in [-0.4, -0.2) is 48.3 Å². The van der Waals surface area contributed by atoms with Crippen LogP contribution in [0, 0.1) is 0 Å². The van der Waals surface area contributed by atoms with Gasteiger partial charge in [-0.1, -0.05) is 12.1 Å². The second kappa shape index (κ2) is 12.5. The Balaban J connectivity index is 1.61. The van der Waals surface area contributed by atoms with Gasteiger partial charge < -0.3 is 14.8 Å². The first-order chi connectivity index (χ1) is 20.4. The number of halogens is 3. The van der Waals surface area contributed by atoms with Crippen LogP contribution in [0.15, 0.2) is 59.8 Å². The SMILES string of the molecule is CC(C)n1cc(CNC(=O)C[C@H]2CN(S(=O)(=O)c3cccc(C(F)(F)F)c3)c3cc(CC(=O)OC(C)(C)C)ccc3O2)cn1. The lowest BCUT2D eigenvalue weighted by molar-refractivity contribution is -0.154. The van der Waals surface area contributed by atoms with Crippen molar-refractivity contribution in [2.45, 2.75) is 82.8 Å². The van der Waals surface area contributed by atoms with Crippen molar-refractivity contribution in [3.8, 4) is 5.75 Å². The summed E-state index contributed by atoms with van der Waals surface area (Å²) in [5.74, 6) is -0.876. The number of nitrogens with one attached hydrogen (secondary N) is 1. The fourth-order valence-corrected chi connectivity index (χ4v) is 6.08. The number of aromatic nitrogens is 2. The lowest BCUT2D eigenvalue weighted by Crippen LogP contribution is -2.45. The summed E-state index contributed by atoms with van der Waals surface area (Å²) in [4.78, 5) is 24.7. The average molecular weight is 637 g/mol. The summed E-state index contributed by atoms with van der Waals surface area (Å²) in [5.41, 5.74) is -0.656.